The summed E-state index contributed by atoms with van der Waals surface area (Å²) in [5.41, 5.74) is 2.38. The van der Waals surface area contributed by atoms with E-state index in [-0.39, 0.29) is 12.5 Å². The summed E-state index contributed by atoms with van der Waals surface area (Å²) >= 11 is 6.86. The van der Waals surface area contributed by atoms with Crippen molar-refractivity contribution in [1.29, 1.82) is 0 Å². The van der Waals surface area contributed by atoms with Crippen molar-refractivity contribution >= 4 is 34.8 Å². The van der Waals surface area contributed by atoms with Gasteiger partial charge >= 0.3 is 5.97 Å². The molecular formula is C16H16ClNO3S. The van der Waals surface area contributed by atoms with Gasteiger partial charge in [-0.15, -0.1) is 11.3 Å². The number of nitrogens with one attached hydrogen (secondary N) is 1. The molecular weight excluding hydrogens is 322 g/mol. The zero-order valence-electron chi connectivity index (χ0n) is 12.1. The molecule has 0 aliphatic carbocycles. The maximum absolute atomic E-state index is 11.7. The van der Waals surface area contributed by atoms with Gasteiger partial charge in [-0.1, -0.05) is 35.9 Å². The third-order valence-electron chi connectivity index (χ3n) is 3.09. The molecule has 0 aliphatic heterocycles. The molecule has 0 saturated heterocycles. The highest BCUT2D eigenvalue weighted by molar-refractivity contribution is 7.17. The van der Waals surface area contributed by atoms with Crippen molar-refractivity contribution in [3.63, 3.8) is 0 Å². The summed E-state index contributed by atoms with van der Waals surface area (Å²) < 4.78 is 5.44. The Labute approximate surface area is 138 Å². The maximum atomic E-state index is 11.7. The fourth-order valence-electron chi connectivity index (χ4n) is 1.90. The molecule has 2 aromatic rings. The molecule has 4 nitrogen and oxygen atoms in total. The number of aryl methyl sites for hydroxylation is 1. The van der Waals surface area contributed by atoms with E-state index in [1.165, 1.54) is 11.1 Å². The van der Waals surface area contributed by atoms with Crippen molar-refractivity contribution in [2.24, 2.45) is 0 Å². The van der Waals surface area contributed by atoms with Gasteiger partial charge in [-0.25, -0.2) is 4.79 Å². The Bertz CT molecular complexity index is 669. The summed E-state index contributed by atoms with van der Waals surface area (Å²) in [6.07, 6.45) is 0.743. The lowest BCUT2D eigenvalue weighted by Gasteiger charge is -2.07. The second-order valence-corrected chi connectivity index (χ2v) is 6.42. The van der Waals surface area contributed by atoms with Crippen LogP contribution in [-0.2, 0) is 16.0 Å². The normalized spacial score (nSPS) is 10.3. The first-order chi connectivity index (χ1) is 10.6. The van der Waals surface area contributed by atoms with Crippen molar-refractivity contribution in [2.75, 3.05) is 13.2 Å². The van der Waals surface area contributed by atoms with Gasteiger partial charge in [0.05, 0.1) is 4.34 Å². The van der Waals surface area contributed by atoms with Crippen LogP contribution >= 0.6 is 22.9 Å². The van der Waals surface area contributed by atoms with E-state index < -0.39 is 5.97 Å². The quantitative estimate of drug-likeness (QED) is 0.823. The number of hydrogen-bond acceptors (Lipinski definition) is 4. The summed E-state index contributed by atoms with van der Waals surface area (Å²) in [6.45, 7) is 2.25. The van der Waals surface area contributed by atoms with E-state index in [0.29, 0.717) is 15.8 Å². The molecule has 116 valence electrons. The van der Waals surface area contributed by atoms with Gasteiger partial charge in [0.15, 0.2) is 6.61 Å². The predicted octanol–water partition coefficient (Wildman–Crippen LogP) is 3.23. The van der Waals surface area contributed by atoms with Crippen molar-refractivity contribution in [2.45, 2.75) is 13.3 Å². The van der Waals surface area contributed by atoms with Gasteiger partial charge in [-0.2, -0.15) is 0 Å². The number of amides is 1. The van der Waals surface area contributed by atoms with E-state index in [9.17, 15) is 9.59 Å². The molecule has 0 unspecified atom stereocenters. The number of halogens is 1. The molecule has 1 heterocycles. The Morgan fingerprint density at radius 3 is 2.68 bits per heavy atom. The molecule has 2 rings (SSSR count). The Morgan fingerprint density at radius 1 is 1.23 bits per heavy atom. The molecule has 1 aromatic carbocycles. The summed E-state index contributed by atoms with van der Waals surface area (Å²) in [5.74, 6) is -0.851. The van der Waals surface area contributed by atoms with E-state index in [2.05, 4.69) is 5.32 Å². The average Bonchev–Trinajstić information content (AvgIpc) is 2.93. The lowest BCUT2D eigenvalue weighted by atomic mass is 10.1. The van der Waals surface area contributed by atoms with Gasteiger partial charge in [0.1, 0.15) is 4.88 Å². The van der Waals surface area contributed by atoms with E-state index in [4.69, 9.17) is 16.3 Å². The van der Waals surface area contributed by atoms with Crippen LogP contribution in [0.15, 0.2) is 36.4 Å². The maximum Gasteiger partial charge on any atom is 0.348 e. The highest BCUT2D eigenvalue weighted by Crippen LogP contribution is 2.21. The lowest BCUT2D eigenvalue weighted by Crippen LogP contribution is -2.30. The van der Waals surface area contributed by atoms with Crippen LogP contribution in [0.2, 0.25) is 4.34 Å². The molecule has 0 bridgehead atoms. The highest BCUT2D eigenvalue weighted by atomic mass is 35.5. The van der Waals surface area contributed by atoms with E-state index >= 15 is 0 Å². The Morgan fingerprint density at radius 2 is 2.00 bits per heavy atom. The van der Waals surface area contributed by atoms with Crippen molar-refractivity contribution in [3.05, 3.63) is 56.7 Å². The van der Waals surface area contributed by atoms with Gasteiger partial charge < -0.3 is 10.1 Å². The van der Waals surface area contributed by atoms with E-state index in [1.54, 1.807) is 12.1 Å². The number of esters is 1. The molecule has 6 heteroatoms. The number of hydrogen-bond donors (Lipinski definition) is 1. The Balaban J connectivity index is 1.70. The first-order valence-electron chi connectivity index (χ1n) is 6.80. The van der Waals surface area contributed by atoms with Crippen LogP contribution < -0.4 is 5.32 Å². The summed E-state index contributed by atoms with van der Waals surface area (Å²) in [4.78, 5) is 23.7. The van der Waals surface area contributed by atoms with Gasteiger partial charge in [0, 0.05) is 6.54 Å². The molecule has 0 fully saturated rings. The number of ether oxygens (including phenoxy) is 1. The van der Waals surface area contributed by atoms with Crippen LogP contribution in [0.5, 0.6) is 0 Å². The van der Waals surface area contributed by atoms with Crippen LogP contribution in [0.3, 0.4) is 0 Å². The van der Waals surface area contributed by atoms with Crippen LogP contribution in [0.25, 0.3) is 0 Å². The zero-order chi connectivity index (χ0) is 15.9. The van der Waals surface area contributed by atoms with Crippen LogP contribution in [-0.4, -0.2) is 25.0 Å². The molecule has 0 aliphatic rings. The first-order valence-corrected chi connectivity index (χ1v) is 7.99. The number of rotatable bonds is 6. The highest BCUT2D eigenvalue weighted by Gasteiger charge is 2.12. The lowest BCUT2D eigenvalue weighted by molar-refractivity contribution is -0.124. The minimum Gasteiger partial charge on any atom is -0.451 e. The molecule has 0 radical (unpaired) electrons. The van der Waals surface area contributed by atoms with Crippen molar-refractivity contribution in [3.8, 4) is 0 Å². The van der Waals surface area contributed by atoms with Crippen LogP contribution in [0.1, 0.15) is 20.8 Å². The number of carbonyl (C=O) groups excluding carboxylic acids is 2. The second kappa shape index (κ2) is 7.96. The average molecular weight is 338 g/mol. The largest absolute Gasteiger partial charge is 0.451 e. The first kappa shape index (κ1) is 16.5. The van der Waals surface area contributed by atoms with Crippen molar-refractivity contribution < 1.29 is 14.3 Å². The van der Waals surface area contributed by atoms with Crippen molar-refractivity contribution in [1.82, 2.24) is 5.32 Å². The number of thiophene rings is 1. The third kappa shape index (κ3) is 4.86. The van der Waals surface area contributed by atoms with E-state index in [0.717, 1.165) is 17.8 Å². The topological polar surface area (TPSA) is 55.4 Å². The summed E-state index contributed by atoms with van der Waals surface area (Å²) in [6, 6.07) is 11.2. The Hall–Kier alpha value is -1.85. The molecule has 0 atom stereocenters. The van der Waals surface area contributed by atoms with Gasteiger partial charge in [0.25, 0.3) is 5.91 Å². The van der Waals surface area contributed by atoms with E-state index in [1.807, 2.05) is 31.2 Å². The van der Waals surface area contributed by atoms with Crippen LogP contribution in [0, 0.1) is 6.92 Å². The summed E-state index contributed by atoms with van der Waals surface area (Å²) in [5, 5.41) is 2.73. The number of benzene rings is 1. The zero-order valence-corrected chi connectivity index (χ0v) is 13.7. The standard InChI is InChI=1S/C16H16ClNO3S/c1-11-4-2-3-5-12(11)8-9-18-15(19)10-21-16(20)13-6-7-14(17)22-13/h2-7H,8-10H2,1H3,(H,18,19). The van der Waals surface area contributed by atoms with Crippen LogP contribution in [0.4, 0.5) is 0 Å². The van der Waals surface area contributed by atoms with Gasteiger partial charge in [-0.05, 0) is 36.6 Å². The molecule has 0 spiro atoms. The monoisotopic (exact) mass is 337 g/mol. The minimum absolute atomic E-state index is 0.290. The smallest absolute Gasteiger partial charge is 0.348 e. The minimum atomic E-state index is -0.536. The fraction of sp³-hybridized carbons (Fsp3) is 0.250. The molecule has 1 N–H and O–H groups in total. The fourth-order valence-corrected chi connectivity index (χ4v) is 2.84. The molecule has 22 heavy (non-hydrogen) atoms. The molecule has 1 aromatic heterocycles. The molecule has 0 saturated carbocycles. The predicted molar refractivity (Wildman–Crippen MR) is 87.5 cm³/mol. The third-order valence-corrected chi connectivity index (χ3v) is 4.30. The van der Waals surface area contributed by atoms with Gasteiger partial charge in [0.2, 0.25) is 0 Å². The Kier molecular flexibility index (Phi) is 5.98. The SMILES string of the molecule is Cc1ccccc1CCNC(=O)COC(=O)c1ccc(Cl)s1. The second-order valence-electron chi connectivity index (χ2n) is 4.71. The van der Waals surface area contributed by atoms with Gasteiger partial charge in [-0.3, -0.25) is 4.79 Å². The molecule has 1 amide bonds. The number of carbonyl (C=O) groups is 2. The summed E-state index contributed by atoms with van der Waals surface area (Å²) in [7, 11) is 0.